The molecule has 0 unspecified atom stereocenters. The normalized spacial score (nSPS) is 10.7. The summed E-state index contributed by atoms with van der Waals surface area (Å²) in [6, 6.07) is 9.89. The van der Waals surface area contributed by atoms with Crippen molar-refractivity contribution in [3.05, 3.63) is 70.2 Å². The number of aryl methyl sites for hydroxylation is 2. The third kappa shape index (κ3) is 4.53. The second-order valence-corrected chi connectivity index (χ2v) is 5.90. The highest BCUT2D eigenvalue weighted by Gasteiger charge is 2.10. The number of anilines is 1. The lowest BCUT2D eigenvalue weighted by molar-refractivity contribution is -0.385. The molecule has 1 N–H and O–H groups in total. The van der Waals surface area contributed by atoms with E-state index in [0.29, 0.717) is 12.4 Å². The van der Waals surface area contributed by atoms with E-state index in [2.05, 4.69) is 15.5 Å². The third-order valence-electron chi connectivity index (χ3n) is 3.77. The van der Waals surface area contributed by atoms with Gasteiger partial charge in [-0.1, -0.05) is 29.8 Å². The van der Waals surface area contributed by atoms with E-state index < -0.39 is 4.92 Å². The highest BCUT2D eigenvalue weighted by Crippen LogP contribution is 2.10. The summed E-state index contributed by atoms with van der Waals surface area (Å²) in [5, 5.41) is 21.5. The van der Waals surface area contributed by atoms with Gasteiger partial charge < -0.3 is 5.32 Å². The first-order chi connectivity index (χ1) is 12.5. The Kier molecular flexibility index (Phi) is 5.07. The van der Waals surface area contributed by atoms with Gasteiger partial charge in [-0.3, -0.25) is 24.3 Å². The van der Waals surface area contributed by atoms with Crippen LogP contribution < -0.4 is 5.32 Å². The number of rotatable bonds is 7. The minimum absolute atomic E-state index is 0.0970. The molecule has 1 aromatic carbocycles. The Morgan fingerprint density at radius 1 is 1.23 bits per heavy atom. The summed E-state index contributed by atoms with van der Waals surface area (Å²) >= 11 is 0. The van der Waals surface area contributed by atoms with Gasteiger partial charge in [-0.25, -0.2) is 0 Å². The Labute approximate surface area is 149 Å². The number of hydrogen-bond acceptors (Lipinski definition) is 5. The summed E-state index contributed by atoms with van der Waals surface area (Å²) in [4.78, 5) is 22.1. The van der Waals surface area contributed by atoms with E-state index in [1.165, 1.54) is 16.4 Å². The van der Waals surface area contributed by atoms with Gasteiger partial charge in [0.1, 0.15) is 12.4 Å². The van der Waals surface area contributed by atoms with Crippen LogP contribution in [0.2, 0.25) is 0 Å². The summed E-state index contributed by atoms with van der Waals surface area (Å²) < 4.78 is 3.12. The molecule has 0 saturated heterocycles. The molecule has 0 aliphatic rings. The summed E-state index contributed by atoms with van der Waals surface area (Å²) in [6.45, 7) is 2.91. The molecule has 3 rings (SSSR count). The highest BCUT2D eigenvalue weighted by molar-refractivity contribution is 5.89. The van der Waals surface area contributed by atoms with Crippen LogP contribution in [0.15, 0.2) is 48.9 Å². The number of amides is 1. The zero-order chi connectivity index (χ0) is 18.5. The van der Waals surface area contributed by atoms with Gasteiger partial charge in [0.15, 0.2) is 5.82 Å². The van der Waals surface area contributed by atoms with Crippen LogP contribution in [0.5, 0.6) is 0 Å². The Morgan fingerprint density at radius 3 is 2.69 bits per heavy atom. The number of benzene rings is 1. The summed E-state index contributed by atoms with van der Waals surface area (Å²) in [6.07, 6.45) is 4.39. The van der Waals surface area contributed by atoms with Crippen molar-refractivity contribution < 1.29 is 9.72 Å². The van der Waals surface area contributed by atoms with E-state index in [0.717, 1.165) is 11.8 Å². The fourth-order valence-corrected chi connectivity index (χ4v) is 2.39. The van der Waals surface area contributed by atoms with Crippen molar-refractivity contribution in [2.45, 2.75) is 26.4 Å². The summed E-state index contributed by atoms with van der Waals surface area (Å²) in [5.41, 5.74) is 2.22. The van der Waals surface area contributed by atoms with Crippen LogP contribution in [0.3, 0.4) is 0 Å². The number of carbonyl (C=O) groups is 1. The highest BCUT2D eigenvalue weighted by atomic mass is 16.6. The van der Waals surface area contributed by atoms with Crippen LogP contribution in [0, 0.1) is 17.0 Å². The molecule has 0 spiro atoms. The molecule has 0 atom stereocenters. The van der Waals surface area contributed by atoms with E-state index in [-0.39, 0.29) is 24.6 Å². The van der Waals surface area contributed by atoms with E-state index in [1.807, 2.05) is 31.2 Å². The van der Waals surface area contributed by atoms with Crippen LogP contribution in [-0.4, -0.2) is 30.4 Å². The first kappa shape index (κ1) is 17.3. The molecule has 2 aromatic heterocycles. The van der Waals surface area contributed by atoms with Gasteiger partial charge in [0.05, 0.1) is 11.5 Å². The number of carbonyl (C=O) groups excluding carboxylic acids is 1. The van der Waals surface area contributed by atoms with E-state index >= 15 is 0 Å². The Hall–Kier alpha value is -3.49. The van der Waals surface area contributed by atoms with E-state index in [4.69, 9.17) is 0 Å². The monoisotopic (exact) mass is 354 g/mol. The molecule has 134 valence electrons. The predicted molar refractivity (Wildman–Crippen MR) is 94.6 cm³/mol. The second kappa shape index (κ2) is 7.60. The molecular weight excluding hydrogens is 336 g/mol. The lowest BCUT2D eigenvalue weighted by Crippen LogP contribution is -2.15. The molecule has 26 heavy (non-hydrogen) atoms. The standard InChI is InChI=1S/C17H18N6O3/c1-13-2-4-14(5-3-13)11-22-8-6-16(20-22)19-17(24)7-9-21-12-15(10-18-21)23(25)26/h2-6,8,10,12H,7,9,11H2,1H3,(H,19,20,24). The molecular formula is C17H18N6O3. The lowest BCUT2D eigenvalue weighted by Gasteiger charge is -2.04. The van der Waals surface area contributed by atoms with Crippen LogP contribution in [0.4, 0.5) is 11.5 Å². The SMILES string of the molecule is Cc1ccc(Cn2ccc(NC(=O)CCn3cc([N+](=O)[O-])cn3)n2)cc1. The zero-order valence-electron chi connectivity index (χ0n) is 14.2. The molecule has 0 saturated carbocycles. The van der Waals surface area contributed by atoms with Crippen molar-refractivity contribution >= 4 is 17.4 Å². The van der Waals surface area contributed by atoms with Gasteiger partial charge in [0.25, 0.3) is 0 Å². The van der Waals surface area contributed by atoms with E-state index in [9.17, 15) is 14.9 Å². The van der Waals surface area contributed by atoms with Gasteiger partial charge in [0.2, 0.25) is 5.91 Å². The topological polar surface area (TPSA) is 108 Å². The van der Waals surface area contributed by atoms with Gasteiger partial charge >= 0.3 is 5.69 Å². The lowest BCUT2D eigenvalue weighted by atomic mass is 10.1. The fraction of sp³-hybridized carbons (Fsp3) is 0.235. The molecule has 9 heteroatoms. The minimum Gasteiger partial charge on any atom is -0.309 e. The largest absolute Gasteiger partial charge is 0.309 e. The predicted octanol–water partition coefficient (Wildman–Crippen LogP) is 2.37. The number of aromatic nitrogens is 4. The molecule has 0 aliphatic heterocycles. The average Bonchev–Trinajstić information content (AvgIpc) is 3.25. The first-order valence-corrected chi connectivity index (χ1v) is 8.05. The van der Waals surface area contributed by atoms with Gasteiger partial charge in [-0.05, 0) is 12.5 Å². The number of nitro groups is 1. The molecule has 1 amide bonds. The van der Waals surface area contributed by atoms with Crippen molar-refractivity contribution in [2.24, 2.45) is 0 Å². The maximum Gasteiger partial charge on any atom is 0.306 e. The van der Waals surface area contributed by atoms with Gasteiger partial charge in [-0.15, -0.1) is 0 Å². The Balaban J connectivity index is 1.50. The van der Waals surface area contributed by atoms with Gasteiger partial charge in [-0.2, -0.15) is 10.2 Å². The number of nitrogens with zero attached hydrogens (tertiary/aromatic N) is 5. The molecule has 9 nitrogen and oxygen atoms in total. The minimum atomic E-state index is -0.524. The average molecular weight is 354 g/mol. The molecule has 0 fully saturated rings. The molecule has 3 aromatic rings. The first-order valence-electron chi connectivity index (χ1n) is 8.05. The van der Waals surface area contributed by atoms with Crippen molar-refractivity contribution in [1.82, 2.24) is 19.6 Å². The summed E-state index contributed by atoms with van der Waals surface area (Å²) in [5.74, 6) is 0.234. The number of hydrogen-bond donors (Lipinski definition) is 1. The molecule has 0 bridgehead atoms. The summed E-state index contributed by atoms with van der Waals surface area (Å²) in [7, 11) is 0. The van der Waals surface area contributed by atoms with Crippen molar-refractivity contribution in [2.75, 3.05) is 5.32 Å². The van der Waals surface area contributed by atoms with Crippen LogP contribution in [0.1, 0.15) is 17.5 Å². The van der Waals surface area contributed by atoms with E-state index in [1.54, 1.807) is 16.9 Å². The maximum atomic E-state index is 12.0. The Bertz CT molecular complexity index is 913. The van der Waals surface area contributed by atoms with Crippen LogP contribution in [0.25, 0.3) is 0 Å². The Morgan fingerprint density at radius 2 is 2.00 bits per heavy atom. The maximum absolute atomic E-state index is 12.0. The molecule has 2 heterocycles. The van der Waals surface area contributed by atoms with Crippen molar-refractivity contribution in [1.29, 1.82) is 0 Å². The van der Waals surface area contributed by atoms with Crippen LogP contribution in [-0.2, 0) is 17.9 Å². The van der Waals surface area contributed by atoms with Crippen molar-refractivity contribution in [3.8, 4) is 0 Å². The van der Waals surface area contributed by atoms with Gasteiger partial charge in [0, 0.05) is 25.2 Å². The molecule has 0 radical (unpaired) electrons. The molecule has 0 aliphatic carbocycles. The zero-order valence-corrected chi connectivity index (χ0v) is 14.2. The fourth-order valence-electron chi connectivity index (χ4n) is 2.39. The third-order valence-corrected chi connectivity index (χ3v) is 3.77. The van der Waals surface area contributed by atoms with Crippen LogP contribution >= 0.6 is 0 Å². The number of nitrogens with one attached hydrogen (secondary N) is 1. The van der Waals surface area contributed by atoms with Crippen molar-refractivity contribution in [3.63, 3.8) is 0 Å². The second-order valence-electron chi connectivity index (χ2n) is 5.90. The smallest absolute Gasteiger partial charge is 0.306 e. The quantitative estimate of drug-likeness (QED) is 0.518.